The molecule has 1 unspecified atom stereocenters. The quantitative estimate of drug-likeness (QED) is 0.307. The Morgan fingerprint density at radius 3 is 2.61 bits per heavy atom. The van der Waals surface area contributed by atoms with Crippen LogP contribution in [0.2, 0.25) is 0 Å². The Kier molecular flexibility index (Phi) is 6.39. The van der Waals surface area contributed by atoms with Crippen molar-refractivity contribution >= 4 is 34.1 Å². The number of pyridine rings is 1. The number of nitrogens with zero attached hydrogens (tertiary/aromatic N) is 5. The molecular formula is C27H30N8O. The molecule has 5 rings (SSSR count). The van der Waals surface area contributed by atoms with Crippen LogP contribution in [0.25, 0.3) is 10.9 Å². The molecule has 0 aliphatic carbocycles. The molecule has 1 aliphatic heterocycles. The van der Waals surface area contributed by atoms with Gasteiger partial charge in [-0.2, -0.15) is 0 Å². The van der Waals surface area contributed by atoms with E-state index >= 15 is 0 Å². The molecule has 4 aromatic rings. The average molecular weight is 483 g/mol. The first kappa shape index (κ1) is 23.5. The van der Waals surface area contributed by atoms with Crippen LogP contribution in [-0.2, 0) is 0 Å². The van der Waals surface area contributed by atoms with Gasteiger partial charge in [0.1, 0.15) is 29.5 Å². The summed E-state index contributed by atoms with van der Waals surface area (Å²) in [6.45, 7) is 5.81. The van der Waals surface area contributed by atoms with Gasteiger partial charge in [-0.15, -0.1) is 0 Å². The topological polar surface area (TPSA) is 127 Å². The Morgan fingerprint density at radius 2 is 1.83 bits per heavy atom. The molecule has 1 aliphatic rings. The second kappa shape index (κ2) is 9.79. The van der Waals surface area contributed by atoms with Gasteiger partial charge in [-0.05, 0) is 38.2 Å². The monoisotopic (exact) mass is 482 g/mol. The molecule has 1 atom stereocenters. The number of phenolic OH excluding ortho intramolecular Hbond substituents is 1. The first-order chi connectivity index (χ1) is 17.4. The van der Waals surface area contributed by atoms with Gasteiger partial charge in [-0.25, -0.2) is 15.0 Å². The number of aromatic nitrogens is 3. The Labute approximate surface area is 210 Å². The molecule has 1 saturated heterocycles. The largest absolute Gasteiger partial charge is 0.508 e. The Hall–Kier alpha value is -4.24. The van der Waals surface area contributed by atoms with Crippen LogP contribution in [0.15, 0.2) is 60.9 Å². The van der Waals surface area contributed by atoms with Gasteiger partial charge in [0.15, 0.2) is 0 Å². The molecule has 1 fully saturated rings. The molecule has 0 spiro atoms. The van der Waals surface area contributed by atoms with Crippen LogP contribution in [-0.4, -0.2) is 63.9 Å². The summed E-state index contributed by atoms with van der Waals surface area (Å²) < 4.78 is 0. The lowest BCUT2D eigenvalue weighted by atomic mass is 10.0. The van der Waals surface area contributed by atoms with E-state index in [9.17, 15) is 5.11 Å². The summed E-state index contributed by atoms with van der Waals surface area (Å²) >= 11 is 0. The van der Waals surface area contributed by atoms with E-state index in [1.807, 2.05) is 18.2 Å². The zero-order chi connectivity index (χ0) is 25.2. The van der Waals surface area contributed by atoms with Crippen molar-refractivity contribution in [3.8, 4) is 5.75 Å². The first-order valence-corrected chi connectivity index (χ1v) is 12.0. The second-order valence-corrected chi connectivity index (χ2v) is 9.16. The second-order valence-electron chi connectivity index (χ2n) is 9.16. The molecule has 0 bridgehead atoms. The number of para-hydroxylation sites is 1. The number of aromatic hydroxyl groups is 1. The zero-order valence-electron chi connectivity index (χ0n) is 20.4. The molecule has 0 radical (unpaired) electrons. The van der Waals surface area contributed by atoms with Gasteiger partial charge in [0.25, 0.3) is 0 Å². The zero-order valence-corrected chi connectivity index (χ0v) is 20.4. The molecule has 9 nitrogen and oxygen atoms in total. The van der Waals surface area contributed by atoms with Crippen LogP contribution in [0.1, 0.15) is 29.7 Å². The van der Waals surface area contributed by atoms with Crippen molar-refractivity contribution in [1.82, 2.24) is 19.9 Å². The highest BCUT2D eigenvalue weighted by Crippen LogP contribution is 2.32. The van der Waals surface area contributed by atoms with Gasteiger partial charge in [0.05, 0.1) is 22.8 Å². The Balaban J connectivity index is 1.53. The number of rotatable bonds is 6. The predicted molar refractivity (Wildman–Crippen MR) is 144 cm³/mol. The third-order valence-corrected chi connectivity index (χ3v) is 6.62. The average Bonchev–Trinajstić information content (AvgIpc) is 2.88. The summed E-state index contributed by atoms with van der Waals surface area (Å²) in [4.78, 5) is 18.3. The first-order valence-electron chi connectivity index (χ1n) is 12.0. The predicted octanol–water partition coefficient (Wildman–Crippen LogP) is 3.65. The van der Waals surface area contributed by atoms with Gasteiger partial charge in [0.2, 0.25) is 0 Å². The van der Waals surface area contributed by atoms with E-state index < -0.39 is 0 Å². The third kappa shape index (κ3) is 4.65. The number of phenols is 1. The number of anilines is 3. The Morgan fingerprint density at radius 1 is 1.06 bits per heavy atom. The molecule has 36 heavy (non-hydrogen) atoms. The van der Waals surface area contributed by atoms with E-state index in [1.54, 1.807) is 18.2 Å². The molecular weight excluding hydrogens is 452 g/mol. The highest BCUT2D eigenvalue weighted by atomic mass is 16.3. The summed E-state index contributed by atoms with van der Waals surface area (Å²) in [5.41, 5.74) is 9.28. The maximum Gasteiger partial charge on any atom is 0.141 e. The maximum atomic E-state index is 9.91. The summed E-state index contributed by atoms with van der Waals surface area (Å²) in [5.74, 6) is 1.69. The van der Waals surface area contributed by atoms with E-state index in [4.69, 9.17) is 16.1 Å². The van der Waals surface area contributed by atoms with E-state index in [0.717, 1.165) is 48.5 Å². The molecule has 5 N–H and O–H groups in total. The highest BCUT2D eigenvalue weighted by molar-refractivity contribution is 6.16. The number of nitrogens with two attached hydrogens (primary N) is 1. The van der Waals surface area contributed by atoms with Gasteiger partial charge in [-0.3, -0.25) is 5.41 Å². The van der Waals surface area contributed by atoms with Crippen LogP contribution in [0.5, 0.6) is 5.75 Å². The number of hydrogen-bond donors (Lipinski definition) is 4. The van der Waals surface area contributed by atoms with Crippen LogP contribution in [0, 0.1) is 5.41 Å². The summed E-state index contributed by atoms with van der Waals surface area (Å²) in [7, 11) is 2.14. The number of nitrogen functional groups attached to an aromatic ring is 1. The smallest absolute Gasteiger partial charge is 0.141 e. The van der Waals surface area contributed by atoms with Gasteiger partial charge < -0.3 is 26.0 Å². The van der Waals surface area contributed by atoms with Crippen molar-refractivity contribution in [2.75, 3.05) is 49.2 Å². The van der Waals surface area contributed by atoms with Crippen molar-refractivity contribution in [1.29, 1.82) is 5.41 Å². The summed E-state index contributed by atoms with van der Waals surface area (Å²) in [6.07, 6.45) is 1.39. The summed E-state index contributed by atoms with van der Waals surface area (Å²) in [5, 5.41) is 23.2. The molecule has 9 heteroatoms. The molecule has 0 saturated carbocycles. The van der Waals surface area contributed by atoms with Gasteiger partial charge in [0, 0.05) is 42.7 Å². The van der Waals surface area contributed by atoms with Crippen molar-refractivity contribution in [2.45, 2.75) is 13.0 Å². The molecule has 184 valence electrons. The molecule has 3 heterocycles. The minimum Gasteiger partial charge on any atom is -0.508 e. The highest BCUT2D eigenvalue weighted by Gasteiger charge is 2.24. The fourth-order valence-corrected chi connectivity index (χ4v) is 4.56. The normalized spacial score (nSPS) is 15.1. The van der Waals surface area contributed by atoms with Crippen molar-refractivity contribution in [3.63, 3.8) is 0 Å². The van der Waals surface area contributed by atoms with Crippen molar-refractivity contribution in [2.24, 2.45) is 0 Å². The number of likely N-dealkylation sites (N-methyl/N-ethyl adjacent to an activating group) is 1. The molecule has 0 amide bonds. The number of benzene rings is 2. The lowest BCUT2D eigenvalue weighted by molar-refractivity contribution is 0.312. The minimum atomic E-state index is -0.179. The van der Waals surface area contributed by atoms with Crippen LogP contribution < -0.4 is 16.0 Å². The minimum absolute atomic E-state index is 0.0783. The molecule has 2 aromatic carbocycles. The van der Waals surface area contributed by atoms with E-state index in [1.165, 1.54) is 12.4 Å². The lowest BCUT2D eigenvalue weighted by Crippen LogP contribution is -2.45. The standard InChI is InChI=1S/C27H30N8O/c1-17(32-26-23(25(29)30-16-31-26)24(28)19-7-5-8-20(36)14-19)21-15-18-6-3-4-9-22(18)33-27(21)35-12-10-34(2)11-13-35/h3-9,14-17,28,36H,10-13H2,1-2H3,(H3,29,30,31,32). The van der Waals surface area contributed by atoms with Crippen LogP contribution >= 0.6 is 0 Å². The lowest BCUT2D eigenvalue weighted by Gasteiger charge is -2.35. The van der Waals surface area contributed by atoms with Crippen LogP contribution in [0.4, 0.5) is 17.5 Å². The third-order valence-electron chi connectivity index (χ3n) is 6.62. The van der Waals surface area contributed by atoms with Gasteiger partial charge in [-0.1, -0.05) is 30.3 Å². The summed E-state index contributed by atoms with van der Waals surface area (Å²) in [6, 6.07) is 16.7. The number of piperazine rings is 1. The van der Waals surface area contributed by atoms with E-state index in [-0.39, 0.29) is 23.3 Å². The number of hydrogen-bond acceptors (Lipinski definition) is 9. The fraction of sp³-hybridized carbons (Fsp3) is 0.259. The van der Waals surface area contributed by atoms with Crippen molar-refractivity contribution < 1.29 is 5.11 Å². The number of fused-ring (bicyclic) bond motifs is 1. The van der Waals surface area contributed by atoms with Crippen molar-refractivity contribution in [3.05, 3.63) is 77.6 Å². The van der Waals surface area contributed by atoms with E-state index in [0.29, 0.717) is 16.9 Å². The van der Waals surface area contributed by atoms with Crippen LogP contribution in [0.3, 0.4) is 0 Å². The molecule has 2 aromatic heterocycles. The van der Waals surface area contributed by atoms with Gasteiger partial charge >= 0.3 is 0 Å². The SMILES string of the molecule is CC(Nc1ncnc(N)c1C(=N)c1cccc(O)c1)c1cc2ccccc2nc1N1CCN(C)CC1. The Bertz CT molecular complexity index is 1410. The van der Waals surface area contributed by atoms with E-state index in [2.05, 4.69) is 51.2 Å². The maximum absolute atomic E-state index is 9.91. The fourth-order valence-electron chi connectivity index (χ4n) is 4.56. The number of nitrogens with one attached hydrogen (secondary N) is 2.